The van der Waals surface area contributed by atoms with Gasteiger partial charge in [0.2, 0.25) is 0 Å². The minimum atomic E-state index is -0.915. The fourth-order valence-corrected chi connectivity index (χ4v) is 2.52. The molecule has 5 heteroatoms. The molecule has 2 N–H and O–H groups in total. The zero-order valence-corrected chi connectivity index (χ0v) is 11.5. The minimum Gasteiger partial charge on any atom is -0.478 e. The molecule has 0 radical (unpaired) electrons. The second kappa shape index (κ2) is 6.11. The number of benzene rings is 2. The van der Waals surface area contributed by atoms with Gasteiger partial charge in [-0.15, -0.1) is 0 Å². The van der Waals surface area contributed by atoms with Gasteiger partial charge in [-0.05, 0) is 17.5 Å². The third-order valence-corrected chi connectivity index (χ3v) is 3.56. The van der Waals surface area contributed by atoms with Crippen molar-refractivity contribution in [1.82, 2.24) is 0 Å². The first kappa shape index (κ1) is 13.9. The number of carboxylic acids is 1. The highest BCUT2D eigenvalue weighted by Gasteiger charge is 2.15. The lowest BCUT2D eigenvalue weighted by atomic mass is 10.0. The Labute approximate surface area is 122 Å². The maximum absolute atomic E-state index is 11.3. The SMILES string of the molecule is O=C(O)c1ccc(NCC2COCCO2)c2ccccc12. The van der Waals surface area contributed by atoms with Crippen LogP contribution < -0.4 is 5.32 Å². The summed E-state index contributed by atoms with van der Waals surface area (Å²) in [5.41, 5.74) is 1.22. The number of carbonyl (C=O) groups is 1. The summed E-state index contributed by atoms with van der Waals surface area (Å²) in [5, 5.41) is 14.2. The quantitative estimate of drug-likeness (QED) is 0.903. The van der Waals surface area contributed by atoms with Crippen molar-refractivity contribution in [2.45, 2.75) is 6.10 Å². The van der Waals surface area contributed by atoms with Crippen LogP contribution in [0.5, 0.6) is 0 Å². The molecule has 5 nitrogen and oxygen atoms in total. The van der Waals surface area contributed by atoms with E-state index in [0.717, 1.165) is 16.5 Å². The van der Waals surface area contributed by atoms with E-state index in [0.29, 0.717) is 31.9 Å². The average molecular weight is 287 g/mol. The van der Waals surface area contributed by atoms with Crippen molar-refractivity contribution >= 4 is 22.4 Å². The van der Waals surface area contributed by atoms with Crippen LogP contribution in [0.2, 0.25) is 0 Å². The van der Waals surface area contributed by atoms with Crippen molar-refractivity contribution in [2.24, 2.45) is 0 Å². The van der Waals surface area contributed by atoms with Crippen LogP contribution >= 0.6 is 0 Å². The highest BCUT2D eigenvalue weighted by atomic mass is 16.6. The van der Waals surface area contributed by atoms with Gasteiger partial charge in [-0.2, -0.15) is 0 Å². The Bertz CT molecular complexity index is 650. The van der Waals surface area contributed by atoms with Crippen molar-refractivity contribution in [2.75, 3.05) is 31.7 Å². The van der Waals surface area contributed by atoms with Gasteiger partial charge in [0, 0.05) is 17.6 Å². The summed E-state index contributed by atoms with van der Waals surface area (Å²) < 4.78 is 11.0. The van der Waals surface area contributed by atoms with E-state index in [1.54, 1.807) is 12.1 Å². The van der Waals surface area contributed by atoms with Gasteiger partial charge in [0.1, 0.15) is 0 Å². The molecule has 1 fully saturated rings. The molecule has 21 heavy (non-hydrogen) atoms. The maximum Gasteiger partial charge on any atom is 0.336 e. The van der Waals surface area contributed by atoms with Gasteiger partial charge in [0.05, 0.1) is 31.5 Å². The monoisotopic (exact) mass is 287 g/mol. The molecule has 110 valence electrons. The van der Waals surface area contributed by atoms with Gasteiger partial charge in [-0.3, -0.25) is 0 Å². The number of hydrogen-bond acceptors (Lipinski definition) is 4. The summed E-state index contributed by atoms with van der Waals surface area (Å²) in [5.74, 6) is -0.915. The number of fused-ring (bicyclic) bond motifs is 1. The predicted molar refractivity (Wildman–Crippen MR) is 80.0 cm³/mol. The molecule has 1 unspecified atom stereocenters. The number of aromatic carboxylic acids is 1. The average Bonchev–Trinajstić information content (AvgIpc) is 2.53. The Morgan fingerprint density at radius 1 is 1.19 bits per heavy atom. The van der Waals surface area contributed by atoms with Gasteiger partial charge in [0.15, 0.2) is 0 Å². The van der Waals surface area contributed by atoms with E-state index in [-0.39, 0.29) is 6.10 Å². The molecular weight excluding hydrogens is 270 g/mol. The number of carboxylic acid groups (broad SMARTS) is 1. The summed E-state index contributed by atoms with van der Waals surface area (Å²) in [6.45, 7) is 2.48. The fourth-order valence-electron chi connectivity index (χ4n) is 2.52. The van der Waals surface area contributed by atoms with Crippen molar-refractivity contribution in [3.8, 4) is 0 Å². The first-order valence-electron chi connectivity index (χ1n) is 6.94. The highest BCUT2D eigenvalue weighted by molar-refractivity contribution is 6.07. The van der Waals surface area contributed by atoms with Crippen molar-refractivity contribution in [3.63, 3.8) is 0 Å². The molecule has 0 aromatic heterocycles. The molecule has 1 aliphatic heterocycles. The van der Waals surface area contributed by atoms with Crippen LogP contribution in [0.1, 0.15) is 10.4 Å². The summed E-state index contributed by atoms with van der Waals surface area (Å²) in [4.78, 5) is 11.3. The van der Waals surface area contributed by atoms with E-state index < -0.39 is 5.97 Å². The van der Waals surface area contributed by atoms with Crippen LogP contribution in [0.15, 0.2) is 36.4 Å². The van der Waals surface area contributed by atoms with Crippen LogP contribution in [-0.4, -0.2) is 43.5 Å². The number of ether oxygens (including phenoxy) is 2. The van der Waals surface area contributed by atoms with Crippen LogP contribution in [0.4, 0.5) is 5.69 Å². The molecule has 2 aromatic carbocycles. The molecule has 1 aliphatic rings. The zero-order valence-electron chi connectivity index (χ0n) is 11.5. The third-order valence-electron chi connectivity index (χ3n) is 3.56. The number of nitrogens with one attached hydrogen (secondary N) is 1. The normalized spacial score (nSPS) is 18.6. The van der Waals surface area contributed by atoms with Gasteiger partial charge in [-0.25, -0.2) is 4.79 Å². The van der Waals surface area contributed by atoms with Crippen LogP contribution in [-0.2, 0) is 9.47 Å². The number of hydrogen-bond donors (Lipinski definition) is 2. The number of anilines is 1. The lowest BCUT2D eigenvalue weighted by molar-refractivity contribution is -0.0818. The first-order chi connectivity index (χ1) is 10.3. The minimum absolute atomic E-state index is 0.0247. The van der Waals surface area contributed by atoms with Crippen molar-refractivity contribution in [3.05, 3.63) is 42.0 Å². The van der Waals surface area contributed by atoms with E-state index in [2.05, 4.69) is 5.32 Å². The van der Waals surface area contributed by atoms with Crippen LogP contribution in [0.25, 0.3) is 10.8 Å². The molecule has 1 saturated heterocycles. The predicted octanol–water partition coefficient (Wildman–Crippen LogP) is 2.37. The Balaban J connectivity index is 1.85. The van der Waals surface area contributed by atoms with Gasteiger partial charge in [0.25, 0.3) is 0 Å². The Morgan fingerprint density at radius 3 is 2.71 bits per heavy atom. The fraction of sp³-hybridized carbons (Fsp3) is 0.312. The van der Waals surface area contributed by atoms with Crippen LogP contribution in [0, 0.1) is 0 Å². The largest absolute Gasteiger partial charge is 0.478 e. The molecule has 0 bridgehead atoms. The van der Waals surface area contributed by atoms with Crippen molar-refractivity contribution in [1.29, 1.82) is 0 Å². The van der Waals surface area contributed by atoms with E-state index in [1.165, 1.54) is 0 Å². The zero-order chi connectivity index (χ0) is 14.7. The van der Waals surface area contributed by atoms with E-state index >= 15 is 0 Å². The second-order valence-corrected chi connectivity index (χ2v) is 4.96. The first-order valence-corrected chi connectivity index (χ1v) is 6.94. The van der Waals surface area contributed by atoms with Crippen LogP contribution in [0.3, 0.4) is 0 Å². The molecule has 0 saturated carbocycles. The molecule has 2 aromatic rings. The van der Waals surface area contributed by atoms with E-state index in [9.17, 15) is 9.90 Å². The second-order valence-electron chi connectivity index (χ2n) is 4.96. The summed E-state index contributed by atoms with van der Waals surface area (Å²) >= 11 is 0. The molecule has 0 aliphatic carbocycles. The lowest BCUT2D eigenvalue weighted by Gasteiger charge is -2.24. The van der Waals surface area contributed by atoms with E-state index in [1.807, 2.05) is 24.3 Å². The molecule has 0 amide bonds. The molecule has 1 atom stereocenters. The molecule has 3 rings (SSSR count). The van der Waals surface area contributed by atoms with Crippen molar-refractivity contribution < 1.29 is 19.4 Å². The summed E-state index contributed by atoms with van der Waals surface area (Å²) in [6.07, 6.45) is 0.0247. The Hall–Kier alpha value is -2.11. The lowest BCUT2D eigenvalue weighted by Crippen LogP contribution is -2.34. The van der Waals surface area contributed by atoms with Gasteiger partial charge >= 0.3 is 5.97 Å². The smallest absolute Gasteiger partial charge is 0.336 e. The molecule has 1 heterocycles. The third kappa shape index (κ3) is 2.99. The topological polar surface area (TPSA) is 67.8 Å². The van der Waals surface area contributed by atoms with Gasteiger partial charge < -0.3 is 19.9 Å². The summed E-state index contributed by atoms with van der Waals surface area (Å²) in [6, 6.07) is 10.9. The van der Waals surface area contributed by atoms with Gasteiger partial charge in [-0.1, -0.05) is 24.3 Å². The van der Waals surface area contributed by atoms with E-state index in [4.69, 9.17) is 9.47 Å². The molecule has 0 spiro atoms. The highest BCUT2D eigenvalue weighted by Crippen LogP contribution is 2.26. The Kier molecular flexibility index (Phi) is 4.03. The number of rotatable bonds is 4. The standard InChI is InChI=1S/C16H17NO4/c18-16(19)14-5-6-15(13-4-2-1-3-12(13)14)17-9-11-10-20-7-8-21-11/h1-6,11,17H,7-10H2,(H,18,19). The maximum atomic E-state index is 11.3. The summed E-state index contributed by atoms with van der Waals surface area (Å²) in [7, 11) is 0. The molecular formula is C16H17NO4. The Morgan fingerprint density at radius 2 is 2.00 bits per heavy atom.